The van der Waals surface area contributed by atoms with Crippen LogP contribution < -0.4 is 5.32 Å². The molecular formula is C32H31Cl2FN4O4. The van der Waals surface area contributed by atoms with Crippen molar-refractivity contribution >= 4 is 51.8 Å². The molecule has 2 aliphatic heterocycles. The first-order valence-corrected chi connectivity index (χ1v) is 14.8. The second-order valence-electron chi connectivity index (χ2n) is 11.1. The number of aryl methyl sites for hydroxylation is 1. The summed E-state index contributed by atoms with van der Waals surface area (Å²) in [5.41, 5.74) is 1.50. The molecule has 0 aliphatic carbocycles. The number of carbonyl (C=O) groups excluding carboxylic acids is 2. The van der Waals surface area contributed by atoms with Crippen LogP contribution in [0, 0.1) is 5.82 Å². The Labute approximate surface area is 258 Å². The minimum Gasteiger partial charge on any atom is -0.465 e. The maximum absolute atomic E-state index is 16.0. The zero-order chi connectivity index (χ0) is 30.5. The summed E-state index contributed by atoms with van der Waals surface area (Å²) in [5.74, 6) is -1.67. The molecule has 43 heavy (non-hydrogen) atoms. The maximum Gasteiger partial charge on any atom is 0.337 e. The molecular weight excluding hydrogens is 594 g/mol. The first kappa shape index (κ1) is 29.6. The molecule has 1 N–H and O–H groups in total. The smallest absolute Gasteiger partial charge is 0.337 e. The Hall–Kier alpha value is -3.50. The van der Waals surface area contributed by atoms with E-state index in [1.165, 1.54) is 13.2 Å². The molecule has 1 saturated heterocycles. The topological polar surface area (TPSA) is 85.7 Å². The number of ether oxygens (including phenoxy) is 2. The van der Waals surface area contributed by atoms with Gasteiger partial charge in [-0.05, 0) is 61.4 Å². The van der Waals surface area contributed by atoms with Gasteiger partial charge in [0, 0.05) is 48.8 Å². The number of esters is 1. The van der Waals surface area contributed by atoms with Crippen molar-refractivity contribution in [1.82, 2.24) is 14.5 Å². The van der Waals surface area contributed by atoms with E-state index in [1.807, 2.05) is 13.0 Å². The summed E-state index contributed by atoms with van der Waals surface area (Å²) in [6, 6.07) is 17.0. The Bertz CT molecular complexity index is 1730. The van der Waals surface area contributed by atoms with Gasteiger partial charge in [0.25, 0.3) is 0 Å². The summed E-state index contributed by atoms with van der Waals surface area (Å²) in [5, 5.41) is 3.52. The normalized spacial score (nSPS) is 23.2. The van der Waals surface area contributed by atoms with E-state index in [0.29, 0.717) is 53.5 Å². The van der Waals surface area contributed by atoms with E-state index in [0.717, 1.165) is 11.3 Å². The fraction of sp³-hybridized carbons (Fsp3) is 0.344. The van der Waals surface area contributed by atoms with Gasteiger partial charge in [-0.25, -0.2) is 14.2 Å². The summed E-state index contributed by atoms with van der Waals surface area (Å²) in [6.07, 6.45) is 0.685. The number of hydrogen-bond acceptors (Lipinski definition) is 6. The number of fused-ring (bicyclic) bond motifs is 5. The van der Waals surface area contributed by atoms with Crippen LogP contribution in [-0.2, 0) is 20.8 Å². The summed E-state index contributed by atoms with van der Waals surface area (Å²) >= 11 is 12.6. The lowest BCUT2D eigenvalue weighted by atomic mass is 9.73. The molecule has 1 amide bonds. The van der Waals surface area contributed by atoms with Crippen LogP contribution in [-0.4, -0.2) is 65.3 Å². The molecule has 0 saturated carbocycles. The van der Waals surface area contributed by atoms with Gasteiger partial charge in [-0.1, -0.05) is 41.4 Å². The van der Waals surface area contributed by atoms with E-state index in [2.05, 4.69) is 14.8 Å². The van der Waals surface area contributed by atoms with Gasteiger partial charge in [0.05, 0.1) is 35.3 Å². The van der Waals surface area contributed by atoms with Crippen molar-refractivity contribution in [1.29, 1.82) is 0 Å². The minimum absolute atomic E-state index is 0.0194. The van der Waals surface area contributed by atoms with Gasteiger partial charge in [0.2, 0.25) is 5.91 Å². The average molecular weight is 626 g/mol. The monoisotopic (exact) mass is 624 g/mol. The zero-order valence-electron chi connectivity index (χ0n) is 23.9. The highest BCUT2D eigenvalue weighted by Crippen LogP contribution is 2.57. The van der Waals surface area contributed by atoms with E-state index in [-0.39, 0.29) is 22.9 Å². The van der Waals surface area contributed by atoms with Crippen molar-refractivity contribution in [3.05, 3.63) is 93.5 Å². The van der Waals surface area contributed by atoms with E-state index in [1.54, 1.807) is 55.6 Å². The number of methoxy groups -OCH3 is 2. The summed E-state index contributed by atoms with van der Waals surface area (Å²) in [6.45, 7) is 3.29. The predicted molar refractivity (Wildman–Crippen MR) is 163 cm³/mol. The number of anilines is 1. The van der Waals surface area contributed by atoms with E-state index in [9.17, 15) is 9.59 Å². The number of likely N-dealkylation sites (tertiary alicyclic amines) is 1. The second kappa shape index (κ2) is 11.5. The van der Waals surface area contributed by atoms with Gasteiger partial charge in [-0.15, -0.1) is 0 Å². The number of hydrogen-bond donors (Lipinski definition) is 1. The van der Waals surface area contributed by atoms with Crippen LogP contribution in [0.5, 0.6) is 0 Å². The van der Waals surface area contributed by atoms with E-state index < -0.39 is 23.2 Å². The number of imidazole rings is 1. The summed E-state index contributed by atoms with van der Waals surface area (Å²) in [4.78, 5) is 34.0. The summed E-state index contributed by atoms with van der Waals surface area (Å²) < 4.78 is 28.6. The molecule has 6 rings (SSSR count). The van der Waals surface area contributed by atoms with Gasteiger partial charge in [-0.2, -0.15) is 0 Å². The van der Waals surface area contributed by atoms with Gasteiger partial charge in [0.1, 0.15) is 17.2 Å². The van der Waals surface area contributed by atoms with Crippen LogP contribution in [0.2, 0.25) is 10.0 Å². The van der Waals surface area contributed by atoms with E-state index >= 15 is 4.39 Å². The van der Waals surface area contributed by atoms with Crippen LogP contribution in [0.4, 0.5) is 10.1 Å². The lowest BCUT2D eigenvalue weighted by molar-refractivity contribution is -0.127. The standard InChI is InChI=1S/C32H31Cl2FN4O4/c1-32(31(41)36-20-7-4-6-19(33)17-20)27(21-8-5-9-22(34)28(21)35)26-25(39(32)14-15-42-2)12-13-38-24-11-10-18(30(40)43-3)16-23(24)37-29(26)38/h4-11,16-17,25-27H,12-15H2,1-3H3,(H,36,41)/t25-,26+,27-,32+/m0/s1. The third kappa shape index (κ3) is 4.88. The number of nitrogens with one attached hydrogen (secondary N) is 1. The number of nitrogens with zero attached hydrogens (tertiary/aromatic N) is 3. The molecule has 1 fully saturated rings. The number of aromatic nitrogens is 2. The molecule has 3 aromatic carbocycles. The second-order valence-corrected chi connectivity index (χ2v) is 12.0. The molecule has 11 heteroatoms. The highest BCUT2D eigenvalue weighted by molar-refractivity contribution is 6.31. The van der Waals surface area contributed by atoms with Gasteiger partial charge >= 0.3 is 5.97 Å². The lowest BCUT2D eigenvalue weighted by Gasteiger charge is -2.40. The maximum atomic E-state index is 16.0. The Morgan fingerprint density at radius 2 is 1.91 bits per heavy atom. The SMILES string of the molecule is COCCN1[C@H]2CCn3c(nc4cc(C(=O)OC)ccc43)[C@H]2[C@H](c2cccc(Cl)c2F)[C@]1(C)C(=O)Nc1cccc(Cl)c1. The van der Waals surface area contributed by atoms with Crippen LogP contribution in [0.1, 0.15) is 46.9 Å². The number of carbonyl (C=O) groups is 2. The fourth-order valence-corrected chi connectivity index (χ4v) is 7.40. The van der Waals surface area contributed by atoms with Crippen molar-refractivity contribution in [3.63, 3.8) is 0 Å². The average Bonchev–Trinajstić information content (AvgIpc) is 3.49. The lowest BCUT2D eigenvalue weighted by Crippen LogP contribution is -2.56. The molecule has 4 aromatic rings. The van der Waals surface area contributed by atoms with Crippen molar-refractivity contribution < 1.29 is 23.5 Å². The molecule has 4 atom stereocenters. The van der Waals surface area contributed by atoms with E-state index in [4.69, 9.17) is 37.7 Å². The Kier molecular flexibility index (Phi) is 7.93. The van der Waals surface area contributed by atoms with Crippen LogP contribution in [0.15, 0.2) is 60.7 Å². The quantitative estimate of drug-likeness (QED) is 0.244. The molecule has 2 aliphatic rings. The van der Waals surface area contributed by atoms with Crippen molar-refractivity contribution in [2.24, 2.45) is 0 Å². The predicted octanol–water partition coefficient (Wildman–Crippen LogP) is 6.27. The van der Waals surface area contributed by atoms with Crippen LogP contribution in [0.3, 0.4) is 0 Å². The Balaban J connectivity index is 1.56. The molecule has 0 bridgehead atoms. The van der Waals surface area contributed by atoms with Crippen LogP contribution >= 0.6 is 23.2 Å². The first-order chi connectivity index (χ1) is 20.7. The highest BCUT2D eigenvalue weighted by atomic mass is 35.5. The molecule has 8 nitrogen and oxygen atoms in total. The molecule has 1 aromatic heterocycles. The highest BCUT2D eigenvalue weighted by Gasteiger charge is 2.63. The zero-order valence-corrected chi connectivity index (χ0v) is 25.5. The first-order valence-electron chi connectivity index (χ1n) is 14.0. The Morgan fingerprint density at radius 3 is 2.65 bits per heavy atom. The minimum atomic E-state index is -1.24. The third-order valence-corrected chi connectivity index (χ3v) is 9.44. The number of benzene rings is 3. The fourth-order valence-electron chi connectivity index (χ4n) is 7.03. The van der Waals surface area contributed by atoms with Crippen LogP contribution in [0.25, 0.3) is 11.0 Å². The molecule has 3 heterocycles. The van der Waals surface area contributed by atoms with Gasteiger partial charge in [0.15, 0.2) is 0 Å². The molecule has 224 valence electrons. The van der Waals surface area contributed by atoms with Crippen molar-refractivity contribution in [2.75, 3.05) is 32.7 Å². The number of halogens is 3. The molecule has 0 spiro atoms. The molecule has 0 unspecified atom stereocenters. The third-order valence-electron chi connectivity index (χ3n) is 8.92. The Morgan fingerprint density at radius 1 is 1.12 bits per heavy atom. The number of amides is 1. The largest absolute Gasteiger partial charge is 0.465 e. The van der Waals surface area contributed by atoms with Crippen molar-refractivity contribution in [3.8, 4) is 0 Å². The van der Waals surface area contributed by atoms with Gasteiger partial charge < -0.3 is 19.4 Å². The summed E-state index contributed by atoms with van der Waals surface area (Å²) in [7, 11) is 2.95. The molecule has 0 radical (unpaired) electrons. The number of rotatable bonds is 7. The van der Waals surface area contributed by atoms with Gasteiger partial charge in [-0.3, -0.25) is 9.69 Å². The van der Waals surface area contributed by atoms with Crippen molar-refractivity contribution in [2.45, 2.75) is 43.3 Å².